The van der Waals surface area contributed by atoms with E-state index in [0.717, 1.165) is 0 Å². The molecule has 0 aliphatic heterocycles. The van der Waals surface area contributed by atoms with E-state index in [0.29, 0.717) is 5.56 Å². The van der Waals surface area contributed by atoms with Gasteiger partial charge in [0, 0.05) is 17.0 Å². The lowest BCUT2D eigenvalue weighted by Gasteiger charge is -2.09. The molecule has 3 heteroatoms. The van der Waals surface area contributed by atoms with Crippen LogP contribution in [-0.2, 0) is 5.88 Å². The van der Waals surface area contributed by atoms with Crippen molar-refractivity contribution < 1.29 is 8.78 Å². The van der Waals surface area contributed by atoms with Gasteiger partial charge in [0.15, 0.2) is 0 Å². The summed E-state index contributed by atoms with van der Waals surface area (Å²) in [5, 5.41) is 0. The van der Waals surface area contributed by atoms with Gasteiger partial charge in [-0.15, -0.1) is 11.6 Å². The smallest absolute Gasteiger partial charge is 0.131 e. The Morgan fingerprint density at radius 1 is 0.875 bits per heavy atom. The molecule has 0 bridgehead atoms. The van der Waals surface area contributed by atoms with E-state index in [1.165, 1.54) is 12.1 Å². The summed E-state index contributed by atoms with van der Waals surface area (Å²) in [6.07, 6.45) is 0. The summed E-state index contributed by atoms with van der Waals surface area (Å²) in [6.45, 7) is 0. The third kappa shape index (κ3) is 1.93. The Bertz CT molecular complexity index is 509. The summed E-state index contributed by atoms with van der Waals surface area (Å²) < 4.78 is 27.2. The van der Waals surface area contributed by atoms with Crippen molar-refractivity contribution in [1.82, 2.24) is 0 Å². The van der Waals surface area contributed by atoms with Crippen molar-refractivity contribution >= 4 is 11.6 Å². The molecule has 0 N–H and O–H groups in total. The molecule has 2 aromatic carbocycles. The van der Waals surface area contributed by atoms with Gasteiger partial charge in [-0.05, 0) is 17.7 Å². The van der Waals surface area contributed by atoms with Crippen LogP contribution in [-0.4, -0.2) is 0 Å². The predicted octanol–water partition coefficient (Wildman–Crippen LogP) is 4.37. The van der Waals surface area contributed by atoms with Crippen LogP contribution in [0.1, 0.15) is 5.56 Å². The lowest BCUT2D eigenvalue weighted by molar-refractivity contribution is 0.615. The van der Waals surface area contributed by atoms with Crippen molar-refractivity contribution in [3.63, 3.8) is 0 Å². The van der Waals surface area contributed by atoms with E-state index in [1.807, 2.05) is 0 Å². The average Bonchev–Trinajstić information content (AvgIpc) is 2.30. The van der Waals surface area contributed by atoms with Gasteiger partial charge in [-0.2, -0.15) is 0 Å². The summed E-state index contributed by atoms with van der Waals surface area (Å²) in [4.78, 5) is 0. The maximum Gasteiger partial charge on any atom is 0.131 e. The average molecular weight is 239 g/mol. The summed E-state index contributed by atoms with van der Waals surface area (Å²) in [5.74, 6) is -0.747. The van der Waals surface area contributed by atoms with Crippen molar-refractivity contribution in [2.75, 3.05) is 0 Å². The highest BCUT2D eigenvalue weighted by molar-refractivity contribution is 6.17. The quantitative estimate of drug-likeness (QED) is 0.682. The molecule has 0 aliphatic rings. The molecule has 0 aromatic heterocycles. The van der Waals surface area contributed by atoms with Crippen molar-refractivity contribution in [3.8, 4) is 11.1 Å². The first-order valence-corrected chi connectivity index (χ1v) is 5.35. The molecule has 0 saturated carbocycles. The van der Waals surface area contributed by atoms with Crippen LogP contribution in [0.4, 0.5) is 8.78 Å². The number of benzene rings is 2. The normalized spacial score (nSPS) is 10.4. The lowest BCUT2D eigenvalue weighted by Crippen LogP contribution is -1.93. The Hall–Kier alpha value is -1.41. The minimum atomic E-state index is -0.455. The molecule has 0 heterocycles. The molecular formula is C13H9ClF2. The van der Waals surface area contributed by atoms with Gasteiger partial charge >= 0.3 is 0 Å². The molecule has 82 valence electrons. The van der Waals surface area contributed by atoms with Gasteiger partial charge in [-0.1, -0.05) is 30.3 Å². The third-order valence-electron chi connectivity index (χ3n) is 2.39. The van der Waals surface area contributed by atoms with E-state index in [-0.39, 0.29) is 17.0 Å². The molecule has 0 radical (unpaired) electrons. The third-order valence-corrected chi connectivity index (χ3v) is 2.68. The van der Waals surface area contributed by atoms with Gasteiger partial charge in [0.05, 0.1) is 0 Å². The summed E-state index contributed by atoms with van der Waals surface area (Å²) in [6, 6.07) is 10.7. The Kier molecular flexibility index (Phi) is 3.20. The van der Waals surface area contributed by atoms with Gasteiger partial charge in [0.1, 0.15) is 11.6 Å². The van der Waals surface area contributed by atoms with E-state index in [2.05, 4.69) is 0 Å². The van der Waals surface area contributed by atoms with Gasteiger partial charge in [0.25, 0.3) is 0 Å². The topological polar surface area (TPSA) is 0 Å². The zero-order valence-electron chi connectivity index (χ0n) is 8.38. The zero-order chi connectivity index (χ0) is 11.5. The molecule has 0 unspecified atom stereocenters. The van der Waals surface area contributed by atoms with Crippen LogP contribution in [0.3, 0.4) is 0 Å². The maximum absolute atomic E-state index is 13.7. The fraction of sp³-hybridized carbons (Fsp3) is 0.0769. The number of hydrogen-bond acceptors (Lipinski definition) is 0. The van der Waals surface area contributed by atoms with Crippen LogP contribution in [0.2, 0.25) is 0 Å². The monoisotopic (exact) mass is 238 g/mol. The molecule has 0 fully saturated rings. The number of halogens is 3. The highest BCUT2D eigenvalue weighted by Gasteiger charge is 2.13. The van der Waals surface area contributed by atoms with E-state index in [9.17, 15) is 8.78 Å². The lowest BCUT2D eigenvalue weighted by atomic mass is 9.99. The first-order chi connectivity index (χ1) is 7.74. The molecule has 2 aromatic rings. The molecule has 16 heavy (non-hydrogen) atoms. The first kappa shape index (κ1) is 11.1. The number of rotatable bonds is 2. The van der Waals surface area contributed by atoms with Crippen LogP contribution in [0.15, 0.2) is 42.5 Å². The standard InChI is InChI=1S/C13H9ClF2/c14-8-9-4-3-7-12(16)13(9)10-5-1-2-6-11(10)15/h1-7H,8H2. The maximum atomic E-state index is 13.7. The van der Waals surface area contributed by atoms with Crippen LogP contribution >= 0.6 is 11.6 Å². The van der Waals surface area contributed by atoms with Crippen molar-refractivity contribution in [2.24, 2.45) is 0 Å². The molecule has 2 rings (SSSR count). The van der Waals surface area contributed by atoms with E-state index in [4.69, 9.17) is 11.6 Å². The summed E-state index contributed by atoms with van der Waals surface area (Å²) in [5.41, 5.74) is 1.08. The van der Waals surface area contributed by atoms with Crippen molar-refractivity contribution in [1.29, 1.82) is 0 Å². The van der Waals surface area contributed by atoms with Gasteiger partial charge in [-0.3, -0.25) is 0 Å². The minimum Gasteiger partial charge on any atom is -0.206 e. The van der Waals surface area contributed by atoms with Gasteiger partial charge < -0.3 is 0 Å². The van der Waals surface area contributed by atoms with E-state index in [1.54, 1.807) is 30.3 Å². The SMILES string of the molecule is Fc1ccccc1-c1c(F)cccc1CCl. The predicted molar refractivity (Wildman–Crippen MR) is 61.4 cm³/mol. The molecule has 0 nitrogen and oxygen atoms in total. The highest BCUT2D eigenvalue weighted by Crippen LogP contribution is 2.29. The van der Waals surface area contributed by atoms with Crippen LogP contribution < -0.4 is 0 Å². The van der Waals surface area contributed by atoms with Gasteiger partial charge in [-0.25, -0.2) is 8.78 Å². The van der Waals surface area contributed by atoms with Crippen molar-refractivity contribution in [3.05, 3.63) is 59.7 Å². The Labute approximate surface area is 97.5 Å². The molecule has 0 amide bonds. The molecular weight excluding hydrogens is 230 g/mol. The minimum absolute atomic E-state index is 0.154. The van der Waals surface area contributed by atoms with Crippen LogP contribution in [0.5, 0.6) is 0 Å². The largest absolute Gasteiger partial charge is 0.206 e. The van der Waals surface area contributed by atoms with E-state index >= 15 is 0 Å². The molecule has 0 saturated heterocycles. The summed E-state index contributed by atoms with van der Waals surface area (Å²) >= 11 is 5.72. The van der Waals surface area contributed by atoms with Crippen molar-refractivity contribution in [2.45, 2.75) is 5.88 Å². The second-order valence-electron chi connectivity index (χ2n) is 3.39. The number of alkyl halides is 1. The Morgan fingerprint density at radius 3 is 2.25 bits per heavy atom. The Morgan fingerprint density at radius 2 is 1.56 bits per heavy atom. The fourth-order valence-electron chi connectivity index (χ4n) is 1.65. The van der Waals surface area contributed by atoms with Crippen LogP contribution in [0, 0.1) is 11.6 Å². The molecule has 0 spiro atoms. The number of hydrogen-bond donors (Lipinski definition) is 0. The highest BCUT2D eigenvalue weighted by atomic mass is 35.5. The second kappa shape index (κ2) is 4.62. The molecule has 0 aliphatic carbocycles. The van der Waals surface area contributed by atoms with E-state index < -0.39 is 11.6 Å². The van der Waals surface area contributed by atoms with Gasteiger partial charge in [0.2, 0.25) is 0 Å². The van der Waals surface area contributed by atoms with Crippen LogP contribution in [0.25, 0.3) is 11.1 Å². The summed E-state index contributed by atoms with van der Waals surface area (Å²) in [7, 11) is 0. The zero-order valence-corrected chi connectivity index (χ0v) is 9.14. The molecule has 0 atom stereocenters. The Balaban J connectivity index is 2.68. The first-order valence-electron chi connectivity index (χ1n) is 4.82. The fourth-order valence-corrected chi connectivity index (χ4v) is 1.87. The second-order valence-corrected chi connectivity index (χ2v) is 3.65.